The molecule has 0 aliphatic heterocycles. The fourth-order valence-electron chi connectivity index (χ4n) is 0. The molecule has 0 unspecified atom stereocenters. The van der Waals surface area contributed by atoms with E-state index in [4.69, 9.17) is 19.2 Å². The maximum absolute atomic E-state index is 8.55. The minimum absolute atomic E-state index is 0. The van der Waals surface area contributed by atoms with Gasteiger partial charge < -0.3 is 24.7 Å². The van der Waals surface area contributed by atoms with Crippen molar-refractivity contribution >= 4 is 7.82 Å². The molecular weight excluding hydrogens is 297 g/mol. The van der Waals surface area contributed by atoms with Crippen molar-refractivity contribution in [3.63, 3.8) is 0 Å². The molecule has 8 heavy (non-hydrogen) atoms. The smallest absolute Gasteiger partial charge is 2.00 e. The fourth-order valence-corrected chi connectivity index (χ4v) is 0. The van der Waals surface area contributed by atoms with Crippen molar-refractivity contribution in [2.24, 2.45) is 0 Å². The maximum Gasteiger partial charge on any atom is 5.00 e. The molecule has 0 aliphatic rings. The van der Waals surface area contributed by atoms with E-state index in [1.807, 2.05) is 0 Å². The van der Waals surface area contributed by atoms with Gasteiger partial charge in [0, 0.05) is 0 Å². The number of rotatable bonds is 0. The van der Waals surface area contributed by atoms with Crippen LogP contribution in [0.2, 0.25) is 0 Å². The molecule has 5 nitrogen and oxygen atoms in total. The molecule has 0 radical (unpaired) electrons. The Kier molecular flexibility index (Phi) is 24.2. The molecule has 0 aromatic rings. The molecule has 0 spiro atoms. The van der Waals surface area contributed by atoms with Crippen molar-refractivity contribution in [2.45, 2.75) is 0 Å². The molecule has 0 aromatic heterocycles. The van der Waals surface area contributed by atoms with Crippen LogP contribution in [0.1, 0.15) is 0 Å². The van der Waals surface area contributed by atoms with Crippen LogP contribution in [-0.4, -0.2) is 0 Å². The summed E-state index contributed by atoms with van der Waals surface area (Å²) in [6.45, 7) is 0. The zero-order valence-corrected chi connectivity index (χ0v) is 8.67. The first kappa shape index (κ1) is 22.7. The van der Waals surface area contributed by atoms with Gasteiger partial charge in [-0.1, -0.05) is 0 Å². The second-order valence-electron chi connectivity index (χ2n) is 0.447. The quantitative estimate of drug-likeness (QED) is 0.351. The average molecular weight is 297 g/mol. The van der Waals surface area contributed by atoms with Gasteiger partial charge in [0.15, 0.2) is 0 Å². The van der Waals surface area contributed by atoms with Crippen LogP contribution in [0.15, 0.2) is 0 Å². The van der Waals surface area contributed by atoms with E-state index in [1.165, 1.54) is 0 Å². The van der Waals surface area contributed by atoms with Crippen LogP contribution < -0.4 is 14.7 Å². The van der Waals surface area contributed by atoms with Crippen molar-refractivity contribution in [3.8, 4) is 0 Å². The van der Waals surface area contributed by atoms with Crippen molar-refractivity contribution in [3.05, 3.63) is 0 Å². The van der Waals surface area contributed by atoms with E-state index in [-0.39, 0.29) is 50.2 Å². The first-order valence-corrected chi connectivity index (χ1v) is 2.19. The zero-order chi connectivity index (χ0) is 4.50. The molecule has 0 atom stereocenters. The first-order valence-electron chi connectivity index (χ1n) is 0.730. The summed E-state index contributed by atoms with van der Waals surface area (Å²) in [6, 6.07) is 0. The summed E-state index contributed by atoms with van der Waals surface area (Å²) in [4.78, 5) is 25.6. The SMILES string of the molecule is O=P([O-])([O-])[O-].[Nb+5].[Nb+5].[O-2]. The second-order valence-corrected chi connectivity index (χ2v) is 1.34. The third kappa shape index (κ3) is 135. The second kappa shape index (κ2) is 8.55. The summed E-state index contributed by atoms with van der Waals surface area (Å²) in [6.07, 6.45) is 0. The largest absolute Gasteiger partial charge is 5.00 e. The number of hydrogen-bond acceptors (Lipinski definition) is 4. The van der Waals surface area contributed by atoms with E-state index in [2.05, 4.69) is 0 Å². The van der Waals surface area contributed by atoms with E-state index in [0.717, 1.165) is 0 Å². The van der Waals surface area contributed by atoms with Crippen molar-refractivity contribution in [1.82, 2.24) is 0 Å². The molecular formula is Nb2O5P+5. The predicted octanol–water partition coefficient (Wildman–Crippen LogP) is -2.95. The molecule has 0 aliphatic carbocycles. The molecule has 0 heterocycles. The Morgan fingerprint density at radius 3 is 1.00 bits per heavy atom. The van der Waals surface area contributed by atoms with Crippen LogP contribution in [0, 0.1) is 0 Å². The van der Waals surface area contributed by atoms with Gasteiger partial charge in [-0.3, -0.25) is 0 Å². The summed E-state index contributed by atoms with van der Waals surface area (Å²) < 4.78 is 8.55. The monoisotopic (exact) mass is 297 g/mol. The first-order chi connectivity index (χ1) is 2.00. The van der Waals surface area contributed by atoms with Crippen molar-refractivity contribution in [2.75, 3.05) is 0 Å². The van der Waals surface area contributed by atoms with Crippen LogP contribution >= 0.6 is 7.82 Å². The van der Waals surface area contributed by atoms with Gasteiger partial charge in [-0.25, -0.2) is 0 Å². The molecule has 0 fully saturated rings. The Bertz CT molecular complexity index is 56.6. The van der Waals surface area contributed by atoms with Gasteiger partial charge in [-0.05, 0) is 0 Å². The summed E-state index contributed by atoms with van der Waals surface area (Å²) in [7, 11) is -5.39. The Hall–Kier alpha value is 1.55. The molecule has 0 saturated carbocycles. The third-order valence-corrected chi connectivity index (χ3v) is 0. The fraction of sp³-hybridized carbons (Fsp3) is 0. The zero-order valence-electron chi connectivity index (χ0n) is 3.38. The van der Waals surface area contributed by atoms with Crippen LogP contribution in [-0.2, 0) is 54.8 Å². The van der Waals surface area contributed by atoms with Crippen LogP contribution in [0.4, 0.5) is 0 Å². The van der Waals surface area contributed by atoms with E-state index >= 15 is 0 Å². The summed E-state index contributed by atoms with van der Waals surface area (Å²) in [5.41, 5.74) is 0. The topological polar surface area (TPSA) is 115 Å². The van der Waals surface area contributed by atoms with Gasteiger partial charge in [0.25, 0.3) is 0 Å². The van der Waals surface area contributed by atoms with Crippen LogP contribution in [0.5, 0.6) is 0 Å². The summed E-state index contributed by atoms with van der Waals surface area (Å²) in [5, 5.41) is 0. The van der Waals surface area contributed by atoms with Gasteiger partial charge in [-0.2, -0.15) is 7.82 Å². The van der Waals surface area contributed by atoms with Crippen LogP contribution in [0.3, 0.4) is 0 Å². The molecule has 0 amide bonds. The normalized spacial score (nSPS) is 7.38. The number of phosphoric acid groups is 1. The number of hydrogen-bond donors (Lipinski definition) is 0. The molecule has 0 aromatic carbocycles. The van der Waals surface area contributed by atoms with E-state index in [9.17, 15) is 0 Å². The molecule has 40 valence electrons. The van der Waals surface area contributed by atoms with Crippen LogP contribution in [0.25, 0.3) is 0 Å². The molecule has 8 heteroatoms. The van der Waals surface area contributed by atoms with Crippen molar-refractivity contribution in [1.29, 1.82) is 0 Å². The Morgan fingerprint density at radius 1 is 1.00 bits per heavy atom. The minimum Gasteiger partial charge on any atom is -2.00 e. The minimum atomic E-state index is -5.39. The van der Waals surface area contributed by atoms with Gasteiger partial charge in [0.2, 0.25) is 0 Å². The van der Waals surface area contributed by atoms with Gasteiger partial charge in [0.1, 0.15) is 0 Å². The summed E-state index contributed by atoms with van der Waals surface area (Å²) in [5.74, 6) is 0. The average Bonchev–Trinajstić information content (AvgIpc) is 0.722. The predicted molar refractivity (Wildman–Crippen MR) is 8.29 cm³/mol. The molecule has 0 rings (SSSR count). The Balaban J connectivity index is -0.0000000267. The Morgan fingerprint density at radius 2 is 1.00 bits per heavy atom. The maximum atomic E-state index is 8.55. The van der Waals surface area contributed by atoms with E-state index in [0.29, 0.717) is 0 Å². The van der Waals surface area contributed by atoms with Gasteiger partial charge in [0.05, 0.1) is 0 Å². The summed E-state index contributed by atoms with van der Waals surface area (Å²) >= 11 is 0. The van der Waals surface area contributed by atoms with Crippen molar-refractivity contribution < 1.29 is 69.5 Å². The Labute approximate surface area is 77.1 Å². The molecule has 0 N–H and O–H groups in total. The van der Waals surface area contributed by atoms with E-state index in [1.54, 1.807) is 0 Å². The molecule has 0 bridgehead atoms. The molecule has 0 saturated heterocycles. The van der Waals surface area contributed by atoms with E-state index < -0.39 is 7.82 Å². The standard InChI is InChI=1S/2Nb.H3O4P.O/c;;1-5(2,3)4;/h;;(H3,1,2,3,4);/q2*+5;;-2/p-3. The van der Waals surface area contributed by atoms with Gasteiger partial charge >= 0.3 is 44.8 Å². The van der Waals surface area contributed by atoms with Gasteiger partial charge in [-0.15, -0.1) is 0 Å². The third-order valence-electron chi connectivity index (χ3n) is 0.